The summed E-state index contributed by atoms with van der Waals surface area (Å²) in [5.41, 5.74) is 1.22. The largest absolute Gasteiger partial charge is 0.326 e. The first kappa shape index (κ1) is 19.0. The summed E-state index contributed by atoms with van der Waals surface area (Å²) >= 11 is 0. The van der Waals surface area contributed by atoms with Crippen LogP contribution in [-0.2, 0) is 21.4 Å². The van der Waals surface area contributed by atoms with Crippen LogP contribution in [0.25, 0.3) is 0 Å². The van der Waals surface area contributed by atoms with E-state index in [0.717, 1.165) is 12.1 Å². The SMILES string of the molecule is CC(C)C(=O)Nc1ccc(CNS(=O)(=O)c2cc(F)cc(F)c2)cc1. The van der Waals surface area contributed by atoms with E-state index in [9.17, 15) is 22.0 Å². The second-order valence-electron chi connectivity index (χ2n) is 5.77. The van der Waals surface area contributed by atoms with E-state index in [1.54, 1.807) is 38.1 Å². The van der Waals surface area contributed by atoms with Crippen molar-refractivity contribution >= 4 is 21.6 Å². The number of sulfonamides is 1. The highest BCUT2D eigenvalue weighted by Gasteiger charge is 2.16. The maximum atomic E-state index is 13.2. The lowest BCUT2D eigenvalue weighted by Gasteiger charge is -2.10. The van der Waals surface area contributed by atoms with Gasteiger partial charge in [-0.05, 0) is 29.8 Å². The first-order chi connectivity index (χ1) is 11.7. The van der Waals surface area contributed by atoms with Crippen molar-refractivity contribution in [3.63, 3.8) is 0 Å². The minimum atomic E-state index is -4.04. The molecule has 0 saturated heterocycles. The number of hydrogen-bond acceptors (Lipinski definition) is 3. The van der Waals surface area contributed by atoms with Gasteiger partial charge in [0.25, 0.3) is 0 Å². The number of nitrogens with one attached hydrogen (secondary N) is 2. The van der Waals surface area contributed by atoms with Crippen molar-refractivity contribution in [3.05, 3.63) is 59.7 Å². The van der Waals surface area contributed by atoms with Crippen LogP contribution in [-0.4, -0.2) is 14.3 Å². The summed E-state index contributed by atoms with van der Waals surface area (Å²) < 4.78 is 52.8. The molecule has 134 valence electrons. The normalized spacial score (nSPS) is 11.6. The maximum Gasteiger partial charge on any atom is 0.241 e. The van der Waals surface area contributed by atoms with Crippen LogP contribution in [0.1, 0.15) is 19.4 Å². The van der Waals surface area contributed by atoms with Gasteiger partial charge in [0.1, 0.15) is 11.6 Å². The Labute approximate surface area is 145 Å². The predicted octanol–water partition coefficient (Wildman–Crippen LogP) is 3.04. The van der Waals surface area contributed by atoms with Crippen LogP contribution in [0.2, 0.25) is 0 Å². The highest BCUT2D eigenvalue weighted by Crippen LogP contribution is 2.15. The molecule has 0 heterocycles. The zero-order valence-corrected chi connectivity index (χ0v) is 14.5. The Morgan fingerprint density at radius 1 is 1.04 bits per heavy atom. The van der Waals surface area contributed by atoms with Crippen molar-refractivity contribution in [2.45, 2.75) is 25.3 Å². The van der Waals surface area contributed by atoms with E-state index < -0.39 is 26.6 Å². The molecule has 2 aromatic carbocycles. The molecule has 2 aromatic rings. The summed E-state index contributed by atoms with van der Waals surface area (Å²) in [7, 11) is -4.04. The number of carbonyl (C=O) groups is 1. The Morgan fingerprint density at radius 3 is 2.12 bits per heavy atom. The Morgan fingerprint density at radius 2 is 1.60 bits per heavy atom. The lowest BCUT2D eigenvalue weighted by Crippen LogP contribution is -2.23. The standard InChI is InChI=1S/C17H18F2N2O3S/c1-11(2)17(22)21-15-5-3-12(4-6-15)10-20-25(23,24)16-8-13(18)7-14(19)9-16/h3-9,11,20H,10H2,1-2H3,(H,21,22). The molecule has 0 aliphatic rings. The summed E-state index contributed by atoms with van der Waals surface area (Å²) in [5, 5.41) is 2.72. The van der Waals surface area contributed by atoms with E-state index >= 15 is 0 Å². The molecule has 0 fully saturated rings. The third kappa shape index (κ3) is 5.33. The molecule has 0 aromatic heterocycles. The molecule has 0 spiro atoms. The highest BCUT2D eigenvalue weighted by atomic mass is 32.2. The lowest BCUT2D eigenvalue weighted by molar-refractivity contribution is -0.118. The number of rotatable bonds is 6. The van der Waals surface area contributed by atoms with Crippen LogP contribution < -0.4 is 10.0 Å². The zero-order valence-electron chi connectivity index (χ0n) is 13.7. The monoisotopic (exact) mass is 368 g/mol. The predicted molar refractivity (Wildman–Crippen MR) is 90.3 cm³/mol. The molecule has 1 amide bonds. The van der Waals surface area contributed by atoms with Gasteiger partial charge in [-0.3, -0.25) is 4.79 Å². The van der Waals surface area contributed by atoms with Crippen molar-refractivity contribution in [2.75, 3.05) is 5.32 Å². The fraction of sp³-hybridized carbons (Fsp3) is 0.235. The van der Waals surface area contributed by atoms with E-state index in [1.165, 1.54) is 0 Å². The fourth-order valence-corrected chi connectivity index (χ4v) is 3.00. The number of halogens is 2. The summed E-state index contributed by atoms with van der Waals surface area (Å²) in [6, 6.07) is 8.67. The molecule has 0 aliphatic carbocycles. The Bertz CT molecular complexity index is 846. The average molecular weight is 368 g/mol. The molecular weight excluding hydrogens is 350 g/mol. The van der Waals surface area contributed by atoms with Gasteiger partial charge in [-0.1, -0.05) is 26.0 Å². The molecule has 0 unspecified atom stereocenters. The summed E-state index contributed by atoms with van der Waals surface area (Å²) in [6.45, 7) is 3.49. The van der Waals surface area contributed by atoms with Crippen molar-refractivity contribution in [3.8, 4) is 0 Å². The van der Waals surface area contributed by atoms with Crippen molar-refractivity contribution in [2.24, 2.45) is 5.92 Å². The van der Waals surface area contributed by atoms with E-state index in [2.05, 4.69) is 10.0 Å². The minimum Gasteiger partial charge on any atom is -0.326 e. The number of benzene rings is 2. The third-order valence-electron chi connectivity index (χ3n) is 3.36. The quantitative estimate of drug-likeness (QED) is 0.823. The van der Waals surface area contributed by atoms with Crippen LogP contribution in [0.4, 0.5) is 14.5 Å². The number of anilines is 1. The molecule has 8 heteroatoms. The van der Waals surface area contributed by atoms with Gasteiger partial charge in [-0.25, -0.2) is 21.9 Å². The van der Waals surface area contributed by atoms with Gasteiger partial charge >= 0.3 is 0 Å². The van der Waals surface area contributed by atoms with Gasteiger partial charge in [-0.15, -0.1) is 0 Å². The summed E-state index contributed by atoms with van der Waals surface area (Å²) in [6.07, 6.45) is 0. The van der Waals surface area contributed by atoms with E-state index in [0.29, 0.717) is 17.3 Å². The second-order valence-corrected chi connectivity index (χ2v) is 7.54. The minimum absolute atomic E-state index is 0.0567. The smallest absolute Gasteiger partial charge is 0.241 e. The van der Waals surface area contributed by atoms with Crippen LogP contribution >= 0.6 is 0 Å². The van der Waals surface area contributed by atoms with Crippen LogP contribution in [0.15, 0.2) is 47.4 Å². The highest BCUT2D eigenvalue weighted by molar-refractivity contribution is 7.89. The number of hydrogen-bond donors (Lipinski definition) is 2. The van der Waals surface area contributed by atoms with Crippen LogP contribution in [0, 0.1) is 17.6 Å². The first-order valence-electron chi connectivity index (χ1n) is 7.53. The second kappa shape index (κ2) is 7.71. The van der Waals surface area contributed by atoms with Crippen molar-refractivity contribution in [1.29, 1.82) is 0 Å². The van der Waals surface area contributed by atoms with Crippen molar-refractivity contribution < 1.29 is 22.0 Å². The summed E-state index contributed by atoms with van der Waals surface area (Å²) in [4.78, 5) is 11.1. The third-order valence-corrected chi connectivity index (χ3v) is 4.74. The Hall–Kier alpha value is -2.32. The molecule has 0 saturated carbocycles. The van der Waals surface area contributed by atoms with Crippen molar-refractivity contribution in [1.82, 2.24) is 4.72 Å². The average Bonchev–Trinajstić information content (AvgIpc) is 2.53. The number of amides is 1. The van der Waals surface area contributed by atoms with Gasteiger partial charge in [0.2, 0.25) is 15.9 Å². The molecule has 0 aliphatic heterocycles. The van der Waals surface area contributed by atoms with Gasteiger partial charge in [-0.2, -0.15) is 0 Å². The maximum absolute atomic E-state index is 13.2. The molecule has 2 rings (SSSR count). The van der Waals surface area contributed by atoms with E-state index in [-0.39, 0.29) is 18.4 Å². The van der Waals surface area contributed by atoms with Crippen LogP contribution in [0.3, 0.4) is 0 Å². The number of carbonyl (C=O) groups excluding carboxylic acids is 1. The molecule has 0 atom stereocenters. The molecule has 0 radical (unpaired) electrons. The van der Waals surface area contributed by atoms with Gasteiger partial charge in [0, 0.05) is 24.2 Å². The van der Waals surface area contributed by atoms with E-state index in [1.807, 2.05) is 0 Å². The van der Waals surface area contributed by atoms with Gasteiger partial charge in [0.15, 0.2) is 0 Å². The molecule has 25 heavy (non-hydrogen) atoms. The van der Waals surface area contributed by atoms with Gasteiger partial charge < -0.3 is 5.32 Å². The van der Waals surface area contributed by atoms with Crippen LogP contribution in [0.5, 0.6) is 0 Å². The molecule has 0 bridgehead atoms. The molecule has 2 N–H and O–H groups in total. The zero-order chi connectivity index (χ0) is 18.6. The fourth-order valence-electron chi connectivity index (χ4n) is 1.94. The molecule has 5 nitrogen and oxygen atoms in total. The topological polar surface area (TPSA) is 75.3 Å². The molecular formula is C17H18F2N2O3S. The van der Waals surface area contributed by atoms with E-state index in [4.69, 9.17) is 0 Å². The van der Waals surface area contributed by atoms with Gasteiger partial charge in [0.05, 0.1) is 4.90 Å². The first-order valence-corrected chi connectivity index (χ1v) is 9.01. The Kier molecular flexibility index (Phi) is 5.86. The summed E-state index contributed by atoms with van der Waals surface area (Å²) in [5.74, 6) is -2.21. The Balaban J connectivity index is 2.04. The lowest BCUT2D eigenvalue weighted by atomic mass is 10.2.